The molecule has 1 rings (SSSR count). The Hall–Kier alpha value is -1.23. The first-order valence-corrected chi connectivity index (χ1v) is 6.66. The lowest BCUT2D eigenvalue weighted by atomic mass is 10.2. The van der Waals surface area contributed by atoms with Crippen molar-refractivity contribution in [3.63, 3.8) is 0 Å². The standard InChI is InChI=1S/C11H18N2O2S/c1-8(16(3)14)7-13-9-4-5-10(12)11(6-9)15-2/h4-6,8,13H,7,12H2,1-3H3. The van der Waals surface area contributed by atoms with Crippen LogP contribution in [0.1, 0.15) is 6.92 Å². The highest BCUT2D eigenvalue weighted by atomic mass is 32.2. The summed E-state index contributed by atoms with van der Waals surface area (Å²) in [4.78, 5) is 0. The van der Waals surface area contributed by atoms with Gasteiger partial charge in [0.25, 0.3) is 0 Å². The zero-order chi connectivity index (χ0) is 12.1. The number of benzene rings is 1. The molecule has 0 saturated heterocycles. The Morgan fingerprint density at radius 3 is 2.81 bits per heavy atom. The van der Waals surface area contributed by atoms with E-state index >= 15 is 0 Å². The largest absolute Gasteiger partial charge is 0.495 e. The van der Waals surface area contributed by atoms with Crippen molar-refractivity contribution in [2.75, 3.05) is 31.0 Å². The second-order valence-electron chi connectivity index (χ2n) is 3.65. The highest BCUT2D eigenvalue weighted by molar-refractivity contribution is 7.84. The van der Waals surface area contributed by atoms with Gasteiger partial charge in [-0.3, -0.25) is 4.21 Å². The second kappa shape index (κ2) is 5.75. The minimum atomic E-state index is -0.814. The molecule has 3 N–H and O–H groups in total. The van der Waals surface area contributed by atoms with E-state index < -0.39 is 10.8 Å². The van der Waals surface area contributed by atoms with Gasteiger partial charge in [0.2, 0.25) is 0 Å². The lowest BCUT2D eigenvalue weighted by molar-refractivity contribution is 0.417. The van der Waals surface area contributed by atoms with Crippen LogP contribution in [0.4, 0.5) is 11.4 Å². The van der Waals surface area contributed by atoms with Crippen molar-refractivity contribution in [2.24, 2.45) is 0 Å². The van der Waals surface area contributed by atoms with Crippen molar-refractivity contribution in [2.45, 2.75) is 12.2 Å². The maximum atomic E-state index is 11.2. The molecule has 2 atom stereocenters. The number of nitrogen functional groups attached to an aromatic ring is 1. The molecule has 0 saturated carbocycles. The molecule has 1 aromatic rings. The smallest absolute Gasteiger partial charge is 0.143 e. The summed E-state index contributed by atoms with van der Waals surface area (Å²) in [6, 6.07) is 5.50. The minimum absolute atomic E-state index is 0.114. The predicted octanol–water partition coefficient (Wildman–Crippen LogP) is 1.46. The minimum Gasteiger partial charge on any atom is -0.495 e. The summed E-state index contributed by atoms with van der Waals surface area (Å²) in [7, 11) is 0.769. The summed E-state index contributed by atoms with van der Waals surface area (Å²) < 4.78 is 16.3. The monoisotopic (exact) mass is 242 g/mol. The van der Waals surface area contributed by atoms with Gasteiger partial charge in [0.15, 0.2) is 0 Å². The molecule has 1 aromatic carbocycles. The van der Waals surface area contributed by atoms with Crippen molar-refractivity contribution in [3.8, 4) is 5.75 Å². The third kappa shape index (κ3) is 3.41. The summed E-state index contributed by atoms with van der Waals surface area (Å²) in [6.45, 7) is 2.60. The first-order valence-electron chi connectivity index (χ1n) is 5.04. The topological polar surface area (TPSA) is 64.3 Å². The number of ether oxygens (including phenoxy) is 1. The fraction of sp³-hybridized carbons (Fsp3) is 0.455. The molecular weight excluding hydrogens is 224 g/mol. The van der Waals surface area contributed by atoms with Crippen molar-refractivity contribution in [1.82, 2.24) is 0 Å². The summed E-state index contributed by atoms with van der Waals surface area (Å²) >= 11 is 0. The molecule has 0 heterocycles. The Labute approximate surface area is 98.6 Å². The van der Waals surface area contributed by atoms with Crippen molar-refractivity contribution >= 4 is 22.2 Å². The van der Waals surface area contributed by atoms with Crippen LogP contribution in [-0.4, -0.2) is 29.4 Å². The summed E-state index contributed by atoms with van der Waals surface area (Å²) in [5.41, 5.74) is 7.23. The van der Waals surface area contributed by atoms with Gasteiger partial charge in [-0.1, -0.05) is 0 Å². The Kier molecular flexibility index (Phi) is 4.61. The normalized spacial score (nSPS) is 14.2. The quantitative estimate of drug-likeness (QED) is 0.767. The van der Waals surface area contributed by atoms with E-state index in [9.17, 15) is 4.21 Å². The van der Waals surface area contributed by atoms with Gasteiger partial charge in [-0.2, -0.15) is 0 Å². The SMILES string of the molecule is COc1cc(NCC(C)S(C)=O)ccc1N. The second-order valence-corrected chi connectivity index (χ2v) is 5.45. The van der Waals surface area contributed by atoms with Gasteiger partial charge in [-0.05, 0) is 19.1 Å². The van der Waals surface area contributed by atoms with Crippen LogP contribution < -0.4 is 15.8 Å². The van der Waals surface area contributed by atoms with Crippen molar-refractivity contribution < 1.29 is 8.95 Å². The molecule has 0 aliphatic heterocycles. The molecule has 0 amide bonds. The number of hydrogen-bond donors (Lipinski definition) is 2. The Morgan fingerprint density at radius 1 is 1.56 bits per heavy atom. The zero-order valence-electron chi connectivity index (χ0n) is 9.82. The first kappa shape index (κ1) is 12.8. The number of nitrogens with two attached hydrogens (primary N) is 1. The van der Waals surface area contributed by atoms with E-state index in [4.69, 9.17) is 10.5 Å². The van der Waals surface area contributed by atoms with E-state index in [1.165, 1.54) is 0 Å². The van der Waals surface area contributed by atoms with Gasteiger partial charge in [0.05, 0.1) is 12.8 Å². The van der Waals surface area contributed by atoms with E-state index in [-0.39, 0.29) is 5.25 Å². The molecule has 0 aliphatic carbocycles. The van der Waals surface area contributed by atoms with E-state index in [0.717, 1.165) is 5.69 Å². The average Bonchev–Trinajstić information content (AvgIpc) is 2.27. The van der Waals surface area contributed by atoms with Crippen LogP contribution in [0, 0.1) is 0 Å². The molecule has 5 heteroatoms. The maximum absolute atomic E-state index is 11.2. The van der Waals surface area contributed by atoms with Gasteiger partial charge >= 0.3 is 0 Å². The van der Waals surface area contributed by atoms with Gasteiger partial charge in [-0.15, -0.1) is 0 Å². The molecule has 0 aromatic heterocycles. The molecule has 0 spiro atoms. The summed E-state index contributed by atoms with van der Waals surface area (Å²) in [5.74, 6) is 0.648. The molecule has 2 unspecified atom stereocenters. The lowest BCUT2D eigenvalue weighted by Gasteiger charge is -2.12. The third-order valence-corrected chi connectivity index (χ3v) is 3.69. The molecule has 0 bridgehead atoms. The Balaban J connectivity index is 2.64. The molecule has 16 heavy (non-hydrogen) atoms. The molecule has 90 valence electrons. The average molecular weight is 242 g/mol. The van der Waals surface area contributed by atoms with Crippen LogP contribution in [0.2, 0.25) is 0 Å². The van der Waals surface area contributed by atoms with Crippen molar-refractivity contribution in [1.29, 1.82) is 0 Å². The lowest BCUT2D eigenvalue weighted by Crippen LogP contribution is -2.20. The summed E-state index contributed by atoms with van der Waals surface area (Å²) in [6.07, 6.45) is 1.70. The van der Waals surface area contributed by atoms with Crippen LogP contribution >= 0.6 is 0 Å². The molecule has 0 fully saturated rings. The highest BCUT2D eigenvalue weighted by Gasteiger charge is 2.06. The number of hydrogen-bond acceptors (Lipinski definition) is 4. The first-order chi connectivity index (χ1) is 7.54. The molecule has 0 aliphatic rings. The molecule has 4 nitrogen and oxygen atoms in total. The van der Waals surface area contributed by atoms with Gasteiger partial charge in [-0.25, -0.2) is 0 Å². The van der Waals surface area contributed by atoms with Gasteiger partial charge in [0, 0.05) is 40.6 Å². The maximum Gasteiger partial charge on any atom is 0.143 e. The highest BCUT2D eigenvalue weighted by Crippen LogP contribution is 2.24. The number of rotatable bonds is 5. The third-order valence-electron chi connectivity index (χ3n) is 2.39. The Bertz CT molecular complexity index is 382. The van der Waals surface area contributed by atoms with Crippen LogP contribution in [0.15, 0.2) is 18.2 Å². The predicted molar refractivity (Wildman–Crippen MR) is 69.4 cm³/mol. The van der Waals surface area contributed by atoms with Gasteiger partial charge in [0.1, 0.15) is 5.75 Å². The van der Waals surface area contributed by atoms with E-state index in [1.807, 2.05) is 19.1 Å². The van der Waals surface area contributed by atoms with Crippen LogP contribution in [0.3, 0.4) is 0 Å². The fourth-order valence-electron chi connectivity index (χ4n) is 1.20. The van der Waals surface area contributed by atoms with Crippen molar-refractivity contribution in [3.05, 3.63) is 18.2 Å². The van der Waals surface area contributed by atoms with Crippen LogP contribution in [0.5, 0.6) is 5.75 Å². The molecular formula is C11H18N2O2S. The van der Waals surface area contributed by atoms with Crippen LogP contribution in [-0.2, 0) is 10.8 Å². The Morgan fingerprint density at radius 2 is 2.25 bits per heavy atom. The summed E-state index contributed by atoms with van der Waals surface area (Å²) in [5, 5.41) is 3.31. The van der Waals surface area contributed by atoms with Crippen LogP contribution in [0.25, 0.3) is 0 Å². The van der Waals surface area contributed by atoms with E-state index in [2.05, 4.69) is 5.32 Å². The van der Waals surface area contributed by atoms with Gasteiger partial charge < -0.3 is 15.8 Å². The number of nitrogens with one attached hydrogen (secondary N) is 1. The number of methoxy groups -OCH3 is 1. The molecule has 0 radical (unpaired) electrons. The van der Waals surface area contributed by atoms with E-state index in [0.29, 0.717) is 18.0 Å². The van der Waals surface area contributed by atoms with E-state index in [1.54, 1.807) is 19.4 Å². The fourth-order valence-corrected chi connectivity index (χ4v) is 1.52. The zero-order valence-corrected chi connectivity index (χ0v) is 10.6. The number of anilines is 2.